The molecular formula is C31H37F3N4O5. The van der Waals surface area contributed by atoms with Crippen LogP contribution >= 0.6 is 0 Å². The second kappa shape index (κ2) is 15.9. The highest BCUT2D eigenvalue weighted by atomic mass is 19.4. The van der Waals surface area contributed by atoms with Crippen LogP contribution in [0.25, 0.3) is 11.3 Å². The number of carbonyl (C=O) groups is 3. The first-order valence-electron chi connectivity index (χ1n) is 14.1. The van der Waals surface area contributed by atoms with Gasteiger partial charge < -0.3 is 25.9 Å². The zero-order valence-corrected chi connectivity index (χ0v) is 23.9. The van der Waals surface area contributed by atoms with Crippen molar-refractivity contribution in [3.05, 3.63) is 77.7 Å². The summed E-state index contributed by atoms with van der Waals surface area (Å²) >= 11 is 0. The van der Waals surface area contributed by atoms with E-state index >= 15 is 0 Å². The fraction of sp³-hybridized carbons (Fsp3) is 0.419. The summed E-state index contributed by atoms with van der Waals surface area (Å²) in [6.45, 7) is 2.86. The maximum atomic E-state index is 13.2. The number of nitrogens with zero attached hydrogens (tertiary/aromatic N) is 1. The molecule has 1 amide bonds. The molecule has 0 spiro atoms. The monoisotopic (exact) mass is 602 g/mol. The molecule has 12 heteroatoms. The number of nitrogens with one attached hydrogen (secondary N) is 2. The lowest BCUT2D eigenvalue weighted by atomic mass is 9.81. The minimum Gasteiger partial charge on any atom is -0.475 e. The zero-order chi connectivity index (χ0) is 31.4. The lowest BCUT2D eigenvalue weighted by molar-refractivity contribution is -0.192. The molecule has 5 N–H and O–H groups in total. The summed E-state index contributed by atoms with van der Waals surface area (Å²) < 4.78 is 36.8. The fourth-order valence-electron chi connectivity index (χ4n) is 4.90. The van der Waals surface area contributed by atoms with Crippen molar-refractivity contribution in [2.75, 3.05) is 13.2 Å². The quantitative estimate of drug-likeness (QED) is 0.239. The Morgan fingerprint density at radius 3 is 2.33 bits per heavy atom. The van der Waals surface area contributed by atoms with Crippen molar-refractivity contribution < 1.29 is 37.4 Å². The number of ether oxygens (including phenoxy) is 1. The van der Waals surface area contributed by atoms with Crippen LogP contribution < -0.4 is 11.1 Å². The summed E-state index contributed by atoms with van der Waals surface area (Å²) in [4.78, 5) is 42.1. The molecule has 0 bridgehead atoms. The number of amides is 1. The smallest absolute Gasteiger partial charge is 0.475 e. The lowest BCUT2D eigenvalue weighted by Crippen LogP contribution is -2.37. The van der Waals surface area contributed by atoms with Gasteiger partial charge in [-0.15, -0.1) is 0 Å². The van der Waals surface area contributed by atoms with E-state index in [1.165, 1.54) is 0 Å². The first kappa shape index (κ1) is 33.3. The molecule has 1 saturated carbocycles. The van der Waals surface area contributed by atoms with E-state index in [9.17, 15) is 22.8 Å². The van der Waals surface area contributed by atoms with Gasteiger partial charge in [0, 0.05) is 5.92 Å². The molecule has 1 heterocycles. The number of H-pyrrole nitrogens is 1. The highest BCUT2D eigenvalue weighted by Gasteiger charge is 2.38. The van der Waals surface area contributed by atoms with Crippen LogP contribution in [0.5, 0.6) is 0 Å². The van der Waals surface area contributed by atoms with Crippen LogP contribution in [0.1, 0.15) is 55.6 Å². The number of halogens is 3. The summed E-state index contributed by atoms with van der Waals surface area (Å²) in [5.41, 5.74) is 9.61. The summed E-state index contributed by atoms with van der Waals surface area (Å²) in [5, 5.41) is 10.4. The number of aromatic amines is 1. The zero-order valence-electron chi connectivity index (χ0n) is 23.9. The van der Waals surface area contributed by atoms with E-state index in [1.54, 1.807) is 13.1 Å². The third-order valence-corrected chi connectivity index (χ3v) is 7.21. The van der Waals surface area contributed by atoms with Crippen molar-refractivity contribution in [3.8, 4) is 11.3 Å². The molecule has 3 aromatic rings. The first-order chi connectivity index (χ1) is 20.5. The normalized spacial score (nSPS) is 17.2. The summed E-state index contributed by atoms with van der Waals surface area (Å²) in [5.74, 6) is -1.66. The van der Waals surface area contributed by atoms with Gasteiger partial charge >= 0.3 is 18.1 Å². The number of aliphatic carboxylic acids is 1. The summed E-state index contributed by atoms with van der Waals surface area (Å²) in [7, 11) is 0. The molecule has 1 aliphatic rings. The molecule has 1 aliphatic carbocycles. The largest absolute Gasteiger partial charge is 0.490 e. The molecule has 0 saturated heterocycles. The van der Waals surface area contributed by atoms with Crippen LogP contribution in [0, 0.1) is 11.8 Å². The van der Waals surface area contributed by atoms with Gasteiger partial charge in [0.15, 0.2) is 0 Å². The predicted molar refractivity (Wildman–Crippen MR) is 154 cm³/mol. The van der Waals surface area contributed by atoms with Crippen molar-refractivity contribution in [1.29, 1.82) is 0 Å². The topological polar surface area (TPSA) is 147 Å². The van der Waals surface area contributed by atoms with E-state index in [1.807, 2.05) is 42.5 Å². The number of carboxylic acid groups (broad SMARTS) is 1. The third kappa shape index (κ3) is 10.5. The van der Waals surface area contributed by atoms with Crippen LogP contribution in [0.4, 0.5) is 13.2 Å². The SMILES string of the molecule is CCOC(=O)Cc1cccc(-c2cnc([C@H](Cc3ccccc3)NC(=O)C3CCC(CN)CC3)[nH]2)c1.O=C(O)C(F)(F)F. The van der Waals surface area contributed by atoms with Gasteiger partial charge in [-0.05, 0) is 74.2 Å². The molecule has 232 valence electrons. The Balaban J connectivity index is 0.000000646. The van der Waals surface area contributed by atoms with Gasteiger partial charge in [0.1, 0.15) is 5.82 Å². The van der Waals surface area contributed by atoms with Gasteiger partial charge in [-0.3, -0.25) is 9.59 Å². The Bertz CT molecular complexity index is 1340. The number of carbonyl (C=O) groups excluding carboxylic acids is 2. The van der Waals surface area contributed by atoms with E-state index in [4.69, 9.17) is 20.4 Å². The number of hydrogen-bond acceptors (Lipinski definition) is 6. The Hall–Kier alpha value is -4.19. The Labute approximate surface area is 248 Å². The van der Waals surface area contributed by atoms with E-state index in [0.29, 0.717) is 31.3 Å². The predicted octanol–water partition coefficient (Wildman–Crippen LogP) is 4.98. The second-order valence-electron chi connectivity index (χ2n) is 10.4. The second-order valence-corrected chi connectivity index (χ2v) is 10.4. The van der Waals surface area contributed by atoms with Crippen LogP contribution in [0.3, 0.4) is 0 Å². The van der Waals surface area contributed by atoms with E-state index in [0.717, 1.165) is 48.1 Å². The first-order valence-corrected chi connectivity index (χ1v) is 14.1. The molecule has 1 aromatic heterocycles. The Kier molecular flexibility index (Phi) is 12.3. The number of hydrogen-bond donors (Lipinski definition) is 4. The van der Waals surface area contributed by atoms with Gasteiger partial charge in [0.05, 0.1) is 31.0 Å². The number of benzene rings is 2. The van der Waals surface area contributed by atoms with Gasteiger partial charge in [-0.25, -0.2) is 9.78 Å². The molecule has 1 atom stereocenters. The minimum atomic E-state index is -5.08. The highest BCUT2D eigenvalue weighted by Crippen LogP contribution is 2.29. The molecule has 4 rings (SSSR count). The van der Waals surface area contributed by atoms with E-state index in [-0.39, 0.29) is 30.3 Å². The number of aromatic nitrogens is 2. The fourth-order valence-corrected chi connectivity index (χ4v) is 4.90. The lowest BCUT2D eigenvalue weighted by Gasteiger charge is -2.28. The van der Waals surface area contributed by atoms with Crippen LogP contribution in [-0.2, 0) is 32.0 Å². The van der Waals surface area contributed by atoms with Crippen molar-refractivity contribution in [1.82, 2.24) is 15.3 Å². The molecule has 0 radical (unpaired) electrons. The van der Waals surface area contributed by atoms with Crippen LogP contribution in [0.2, 0.25) is 0 Å². The number of carboxylic acids is 1. The summed E-state index contributed by atoms with van der Waals surface area (Å²) in [6, 6.07) is 17.6. The average Bonchev–Trinajstić information content (AvgIpc) is 3.48. The number of esters is 1. The molecule has 43 heavy (non-hydrogen) atoms. The van der Waals surface area contributed by atoms with Gasteiger partial charge in [-0.1, -0.05) is 48.5 Å². The molecular weight excluding hydrogens is 565 g/mol. The molecule has 2 aromatic carbocycles. The Morgan fingerprint density at radius 1 is 1.07 bits per heavy atom. The number of nitrogens with two attached hydrogens (primary N) is 1. The number of rotatable bonds is 10. The van der Waals surface area contributed by atoms with Gasteiger partial charge in [0.25, 0.3) is 0 Å². The van der Waals surface area contributed by atoms with Crippen molar-refractivity contribution in [2.45, 2.75) is 57.7 Å². The minimum absolute atomic E-state index is 0.0139. The molecule has 9 nitrogen and oxygen atoms in total. The van der Waals surface area contributed by atoms with Crippen molar-refractivity contribution >= 4 is 17.8 Å². The molecule has 0 aliphatic heterocycles. The highest BCUT2D eigenvalue weighted by molar-refractivity contribution is 5.79. The average molecular weight is 603 g/mol. The van der Waals surface area contributed by atoms with Gasteiger partial charge in [0.2, 0.25) is 5.91 Å². The third-order valence-electron chi connectivity index (χ3n) is 7.21. The van der Waals surface area contributed by atoms with Gasteiger partial charge in [-0.2, -0.15) is 13.2 Å². The van der Waals surface area contributed by atoms with Crippen molar-refractivity contribution in [2.24, 2.45) is 17.6 Å². The van der Waals surface area contributed by atoms with E-state index < -0.39 is 12.1 Å². The van der Waals surface area contributed by atoms with Crippen molar-refractivity contribution in [3.63, 3.8) is 0 Å². The number of alkyl halides is 3. The molecule has 0 unspecified atom stereocenters. The number of imidazole rings is 1. The maximum absolute atomic E-state index is 13.2. The molecule has 1 fully saturated rings. The van der Waals surface area contributed by atoms with E-state index in [2.05, 4.69) is 27.4 Å². The maximum Gasteiger partial charge on any atom is 0.490 e. The van der Waals surface area contributed by atoms with Crippen LogP contribution in [0.15, 0.2) is 60.8 Å². The summed E-state index contributed by atoms with van der Waals surface area (Å²) in [6.07, 6.45) is 1.33. The Morgan fingerprint density at radius 2 is 1.72 bits per heavy atom. The standard InChI is InChI=1S/C29H36N4O3.C2HF3O2/c1-2-36-27(34)17-22-9-6-10-24(15-22)26-19-31-28(32-26)25(16-20-7-4-3-5-8-20)33-29(35)23-13-11-21(18-30)12-14-23;3-2(4,5)1(6)7/h3-10,15,19,21,23,25H,2,11-14,16-18,30H2,1H3,(H,31,32)(H,33,35);(H,6,7)/t21?,23?,25-;/m0./s1. The van der Waals surface area contributed by atoms with Crippen LogP contribution in [-0.4, -0.2) is 52.2 Å².